The highest BCUT2D eigenvalue weighted by atomic mass is 16.5. The molecule has 0 spiro atoms. The van der Waals surface area contributed by atoms with E-state index >= 15 is 0 Å². The van der Waals surface area contributed by atoms with Gasteiger partial charge in [0.25, 0.3) is 5.91 Å². The Morgan fingerprint density at radius 3 is 2.69 bits per heavy atom. The van der Waals surface area contributed by atoms with Crippen LogP contribution in [0.3, 0.4) is 0 Å². The van der Waals surface area contributed by atoms with E-state index < -0.39 is 5.97 Å². The summed E-state index contributed by atoms with van der Waals surface area (Å²) in [6.45, 7) is 3.41. The van der Waals surface area contributed by atoms with Gasteiger partial charge in [0, 0.05) is 37.3 Å². The summed E-state index contributed by atoms with van der Waals surface area (Å²) in [5, 5.41) is 18.7. The number of fused-ring (bicyclic) bond motifs is 1. The highest BCUT2D eigenvalue weighted by molar-refractivity contribution is 6.04. The number of anilines is 1. The zero-order valence-electron chi connectivity index (χ0n) is 19.8. The Kier molecular flexibility index (Phi) is 8.33. The molecule has 1 fully saturated rings. The number of nitrogens with zero attached hydrogens (tertiary/aromatic N) is 2. The van der Waals surface area contributed by atoms with Gasteiger partial charge in [-0.15, -0.1) is 0 Å². The minimum absolute atomic E-state index is 0.0194. The first-order valence-electron chi connectivity index (χ1n) is 11.8. The second-order valence-electron chi connectivity index (χ2n) is 8.71. The van der Waals surface area contributed by atoms with E-state index in [9.17, 15) is 14.7 Å². The predicted octanol–water partition coefficient (Wildman–Crippen LogP) is 3.04. The molecule has 0 aliphatic carbocycles. The molecule has 1 amide bonds. The van der Waals surface area contributed by atoms with Gasteiger partial charge in [-0.25, -0.2) is 0 Å². The van der Waals surface area contributed by atoms with E-state index in [2.05, 4.69) is 10.4 Å². The third-order valence-corrected chi connectivity index (χ3v) is 6.18. The molecule has 2 atom stereocenters. The smallest absolute Gasteiger partial charge is 0.303 e. The summed E-state index contributed by atoms with van der Waals surface area (Å²) in [7, 11) is 1.62. The maximum atomic E-state index is 12.8. The number of rotatable bonds is 9. The molecular formula is C26H31N3O6. The van der Waals surface area contributed by atoms with Crippen LogP contribution in [0.15, 0.2) is 47.6 Å². The first-order chi connectivity index (χ1) is 17.0. The van der Waals surface area contributed by atoms with Crippen LogP contribution in [-0.4, -0.2) is 74.3 Å². The summed E-state index contributed by atoms with van der Waals surface area (Å²) in [4.78, 5) is 24.1. The second kappa shape index (κ2) is 11.8. The van der Waals surface area contributed by atoms with E-state index in [0.717, 1.165) is 30.0 Å². The highest BCUT2D eigenvalue weighted by Gasteiger charge is 2.31. The van der Waals surface area contributed by atoms with Crippen molar-refractivity contribution in [2.75, 3.05) is 45.3 Å². The third kappa shape index (κ3) is 6.80. The van der Waals surface area contributed by atoms with Crippen LogP contribution in [0.1, 0.15) is 34.3 Å². The topological polar surface area (TPSA) is 110 Å². The molecule has 4 rings (SSSR count). The van der Waals surface area contributed by atoms with Gasteiger partial charge < -0.3 is 24.6 Å². The fourth-order valence-corrected chi connectivity index (χ4v) is 4.30. The summed E-state index contributed by atoms with van der Waals surface area (Å²) in [5.41, 5.74) is 2.97. The molecule has 2 N–H and O–H groups in total. The number of carboxylic acids is 1. The lowest BCUT2D eigenvalue weighted by atomic mass is 9.86. The van der Waals surface area contributed by atoms with Gasteiger partial charge in [0.1, 0.15) is 11.9 Å². The molecule has 2 aromatic rings. The van der Waals surface area contributed by atoms with Crippen molar-refractivity contribution in [2.45, 2.75) is 25.4 Å². The molecule has 2 aliphatic heterocycles. The number of benzene rings is 2. The van der Waals surface area contributed by atoms with Crippen molar-refractivity contribution in [1.82, 2.24) is 5.01 Å². The summed E-state index contributed by atoms with van der Waals surface area (Å²) in [6.07, 6.45) is 2.77. The molecule has 0 radical (unpaired) electrons. The number of hydrogen-bond donors (Lipinski definition) is 2. The van der Waals surface area contributed by atoms with Crippen molar-refractivity contribution in [3.05, 3.63) is 59.2 Å². The summed E-state index contributed by atoms with van der Waals surface area (Å²) in [5.74, 6) is -0.520. The summed E-state index contributed by atoms with van der Waals surface area (Å²) >= 11 is 0. The largest absolute Gasteiger partial charge is 0.490 e. The van der Waals surface area contributed by atoms with Crippen molar-refractivity contribution >= 4 is 23.8 Å². The van der Waals surface area contributed by atoms with E-state index in [4.69, 9.17) is 14.2 Å². The van der Waals surface area contributed by atoms with Crippen LogP contribution in [0.5, 0.6) is 5.75 Å². The zero-order valence-corrected chi connectivity index (χ0v) is 19.8. The summed E-state index contributed by atoms with van der Waals surface area (Å²) in [6, 6.07) is 12.7. The van der Waals surface area contributed by atoms with Gasteiger partial charge >= 0.3 is 5.97 Å². The van der Waals surface area contributed by atoms with Crippen molar-refractivity contribution in [2.24, 2.45) is 11.0 Å². The SMILES string of the molecule is COCCC1Oc2ccc(NC(=O)c3ccc(C=NN4CCOCC4)cc3)cc2CC1CC(=O)O. The van der Waals surface area contributed by atoms with E-state index in [1.54, 1.807) is 31.5 Å². The van der Waals surface area contributed by atoms with Crippen LogP contribution in [0.4, 0.5) is 5.69 Å². The number of methoxy groups -OCH3 is 1. The third-order valence-electron chi connectivity index (χ3n) is 6.18. The van der Waals surface area contributed by atoms with Crippen molar-refractivity contribution < 1.29 is 28.9 Å². The lowest BCUT2D eigenvalue weighted by molar-refractivity contribution is -0.139. The molecule has 2 unspecified atom stereocenters. The first-order valence-corrected chi connectivity index (χ1v) is 11.8. The number of hydrazone groups is 1. The minimum Gasteiger partial charge on any atom is -0.490 e. The van der Waals surface area contributed by atoms with Crippen molar-refractivity contribution in [1.29, 1.82) is 0 Å². The van der Waals surface area contributed by atoms with Gasteiger partial charge in [-0.1, -0.05) is 12.1 Å². The van der Waals surface area contributed by atoms with E-state index in [1.165, 1.54) is 0 Å². The van der Waals surface area contributed by atoms with Crippen LogP contribution < -0.4 is 10.1 Å². The highest BCUT2D eigenvalue weighted by Crippen LogP contribution is 2.35. The monoisotopic (exact) mass is 481 g/mol. The van der Waals surface area contributed by atoms with Gasteiger partial charge in [-0.05, 0) is 47.9 Å². The second-order valence-corrected chi connectivity index (χ2v) is 8.71. The Balaban J connectivity index is 1.39. The molecule has 0 bridgehead atoms. The normalized spacial score (nSPS) is 19.7. The van der Waals surface area contributed by atoms with Crippen LogP contribution in [0.2, 0.25) is 0 Å². The average molecular weight is 482 g/mol. The Hall–Kier alpha value is -3.43. The number of nitrogens with one attached hydrogen (secondary N) is 1. The number of aliphatic carboxylic acids is 1. The number of hydrogen-bond acceptors (Lipinski definition) is 7. The van der Waals surface area contributed by atoms with Crippen LogP contribution in [-0.2, 0) is 20.7 Å². The number of carbonyl (C=O) groups is 2. The molecule has 2 heterocycles. The number of carbonyl (C=O) groups excluding carboxylic acids is 1. The Bertz CT molecular complexity index is 1050. The molecule has 35 heavy (non-hydrogen) atoms. The summed E-state index contributed by atoms with van der Waals surface area (Å²) < 4.78 is 16.6. The van der Waals surface area contributed by atoms with Gasteiger partial charge in [0.15, 0.2) is 0 Å². The van der Waals surface area contributed by atoms with E-state index in [-0.39, 0.29) is 24.3 Å². The minimum atomic E-state index is -0.854. The maximum Gasteiger partial charge on any atom is 0.303 e. The molecule has 186 valence electrons. The molecule has 9 heteroatoms. The molecule has 1 saturated heterocycles. The number of carboxylic acid groups (broad SMARTS) is 1. The van der Waals surface area contributed by atoms with Crippen LogP contribution >= 0.6 is 0 Å². The molecule has 2 aromatic carbocycles. The maximum absolute atomic E-state index is 12.8. The van der Waals surface area contributed by atoms with E-state index in [1.807, 2.05) is 29.3 Å². The molecule has 0 aromatic heterocycles. The molecule has 0 saturated carbocycles. The standard InChI is InChI=1S/C26H31N3O6/c1-33-11-8-24-21(16-25(30)31)14-20-15-22(6-7-23(20)35-24)28-26(32)19-4-2-18(3-5-19)17-27-29-9-12-34-13-10-29/h2-7,15,17,21,24H,8-14,16H2,1H3,(H,28,32)(H,30,31). The van der Waals surface area contributed by atoms with Gasteiger partial charge in [0.2, 0.25) is 0 Å². The van der Waals surface area contributed by atoms with Gasteiger partial charge in [-0.3, -0.25) is 14.6 Å². The lowest BCUT2D eigenvalue weighted by Crippen LogP contribution is -2.35. The Morgan fingerprint density at radius 1 is 1.20 bits per heavy atom. The Morgan fingerprint density at radius 2 is 1.97 bits per heavy atom. The van der Waals surface area contributed by atoms with Gasteiger partial charge in [0.05, 0.1) is 38.9 Å². The first kappa shape index (κ1) is 24.7. The number of ether oxygens (including phenoxy) is 3. The van der Waals surface area contributed by atoms with Crippen LogP contribution in [0.25, 0.3) is 0 Å². The number of amides is 1. The lowest BCUT2D eigenvalue weighted by Gasteiger charge is -2.33. The fourth-order valence-electron chi connectivity index (χ4n) is 4.30. The van der Waals surface area contributed by atoms with Crippen molar-refractivity contribution in [3.63, 3.8) is 0 Å². The molecular weight excluding hydrogens is 450 g/mol. The Labute approximate surface area is 204 Å². The number of morpholine rings is 1. The van der Waals surface area contributed by atoms with Crippen molar-refractivity contribution in [3.8, 4) is 5.75 Å². The van der Waals surface area contributed by atoms with E-state index in [0.29, 0.717) is 43.9 Å². The average Bonchev–Trinajstić information content (AvgIpc) is 2.87. The quantitative estimate of drug-likeness (QED) is 0.530. The van der Waals surface area contributed by atoms with Crippen LogP contribution in [0, 0.1) is 5.92 Å². The zero-order chi connectivity index (χ0) is 24.6. The predicted molar refractivity (Wildman–Crippen MR) is 131 cm³/mol. The molecule has 2 aliphatic rings. The fraction of sp³-hybridized carbons (Fsp3) is 0.423. The molecule has 9 nitrogen and oxygen atoms in total. The van der Waals surface area contributed by atoms with Gasteiger partial charge in [-0.2, -0.15) is 5.10 Å².